The Bertz CT molecular complexity index is 1420. The Hall–Kier alpha value is -4.24. The Labute approximate surface area is 223 Å². The van der Waals surface area contributed by atoms with Crippen molar-refractivity contribution in [2.24, 2.45) is 16.6 Å². The van der Waals surface area contributed by atoms with E-state index >= 15 is 0 Å². The van der Waals surface area contributed by atoms with Gasteiger partial charge in [-0.05, 0) is 56.1 Å². The van der Waals surface area contributed by atoms with Crippen LogP contribution in [0.4, 0.5) is 5.82 Å². The van der Waals surface area contributed by atoms with Crippen molar-refractivity contribution in [1.82, 2.24) is 24.3 Å². The van der Waals surface area contributed by atoms with Gasteiger partial charge in [-0.2, -0.15) is 0 Å². The molecule has 3 N–H and O–H groups in total. The van der Waals surface area contributed by atoms with Crippen LogP contribution in [0, 0.1) is 5.92 Å². The van der Waals surface area contributed by atoms with Crippen LogP contribution in [0.1, 0.15) is 24.0 Å². The van der Waals surface area contributed by atoms with E-state index in [0.29, 0.717) is 12.5 Å². The van der Waals surface area contributed by atoms with E-state index in [1.54, 1.807) is 25.8 Å². The SMILES string of the molecule is CN=C/C(=C\N)c1ccc(CNc2cc(-c3cnc4cc(OCC5CCN(C)CC5)ccn34)ncn2)cc1. The van der Waals surface area contributed by atoms with Gasteiger partial charge in [0.1, 0.15) is 23.5 Å². The van der Waals surface area contributed by atoms with Crippen LogP contribution in [-0.2, 0) is 6.54 Å². The van der Waals surface area contributed by atoms with E-state index in [4.69, 9.17) is 10.5 Å². The third kappa shape index (κ3) is 6.00. The molecule has 9 nitrogen and oxygen atoms in total. The number of pyridine rings is 1. The van der Waals surface area contributed by atoms with E-state index in [0.717, 1.165) is 65.0 Å². The van der Waals surface area contributed by atoms with Crippen LogP contribution in [0.5, 0.6) is 5.75 Å². The van der Waals surface area contributed by atoms with Crippen molar-refractivity contribution in [2.45, 2.75) is 19.4 Å². The second-order valence-electron chi connectivity index (χ2n) is 9.64. The second-order valence-corrected chi connectivity index (χ2v) is 9.64. The fourth-order valence-electron chi connectivity index (χ4n) is 4.64. The number of nitrogens with two attached hydrogens (primary N) is 1. The number of nitrogens with one attached hydrogen (secondary N) is 1. The summed E-state index contributed by atoms with van der Waals surface area (Å²) < 4.78 is 8.14. The molecule has 3 aromatic heterocycles. The molecule has 4 aromatic rings. The zero-order valence-electron chi connectivity index (χ0n) is 21.9. The molecule has 9 heteroatoms. The van der Waals surface area contributed by atoms with Crippen LogP contribution in [0.25, 0.3) is 22.6 Å². The van der Waals surface area contributed by atoms with Gasteiger partial charge in [0.25, 0.3) is 0 Å². The van der Waals surface area contributed by atoms with Gasteiger partial charge in [0.15, 0.2) is 0 Å². The summed E-state index contributed by atoms with van der Waals surface area (Å²) in [6, 6.07) is 14.1. The van der Waals surface area contributed by atoms with Crippen molar-refractivity contribution in [2.75, 3.05) is 39.1 Å². The average molecular weight is 511 g/mol. The highest BCUT2D eigenvalue weighted by Crippen LogP contribution is 2.24. The molecule has 5 rings (SSSR count). The Morgan fingerprint density at radius 2 is 1.95 bits per heavy atom. The smallest absolute Gasteiger partial charge is 0.140 e. The minimum Gasteiger partial charge on any atom is -0.493 e. The molecule has 4 heterocycles. The van der Waals surface area contributed by atoms with E-state index in [-0.39, 0.29) is 0 Å². The number of imidazole rings is 1. The van der Waals surface area contributed by atoms with Crippen molar-refractivity contribution in [3.05, 3.63) is 78.5 Å². The number of anilines is 1. The zero-order chi connectivity index (χ0) is 26.3. The lowest BCUT2D eigenvalue weighted by molar-refractivity contribution is 0.160. The van der Waals surface area contributed by atoms with Gasteiger partial charge in [0.05, 0.1) is 24.2 Å². The first kappa shape index (κ1) is 25.4. The number of rotatable bonds is 9. The normalized spacial score (nSPS) is 15.4. The van der Waals surface area contributed by atoms with E-state index in [2.05, 4.69) is 49.3 Å². The Balaban J connectivity index is 1.23. The largest absolute Gasteiger partial charge is 0.493 e. The number of fused-ring (bicyclic) bond motifs is 1. The highest BCUT2D eigenvalue weighted by molar-refractivity contribution is 6.09. The number of aromatic nitrogens is 4. The minimum absolute atomic E-state index is 0.610. The van der Waals surface area contributed by atoms with Crippen molar-refractivity contribution in [3.63, 3.8) is 0 Å². The van der Waals surface area contributed by atoms with Gasteiger partial charge >= 0.3 is 0 Å². The minimum atomic E-state index is 0.610. The number of allylic oxidation sites excluding steroid dienone is 1. The van der Waals surface area contributed by atoms with Crippen LogP contribution in [-0.4, -0.2) is 64.3 Å². The molecule has 1 aliphatic rings. The zero-order valence-corrected chi connectivity index (χ0v) is 21.9. The van der Waals surface area contributed by atoms with Crippen molar-refractivity contribution >= 4 is 23.3 Å². The second kappa shape index (κ2) is 11.9. The Kier molecular flexibility index (Phi) is 7.94. The molecule has 0 atom stereocenters. The van der Waals surface area contributed by atoms with Crippen LogP contribution in [0.15, 0.2) is 72.4 Å². The molecular weight excluding hydrogens is 476 g/mol. The van der Waals surface area contributed by atoms with Gasteiger partial charge in [-0.25, -0.2) is 15.0 Å². The number of likely N-dealkylation sites (tertiary alicyclic amines) is 1. The standard InChI is InChI=1S/C29H34N8O/c1-31-17-24(15-30)23-5-3-21(4-6-23)16-32-28-14-26(34-20-35-28)27-18-33-29-13-25(9-12-37(27)29)38-19-22-7-10-36(2)11-8-22/h3-6,9,12-15,17-18,20,22H,7-8,10-11,16,19,30H2,1-2H3,(H,32,34,35)/b24-15+,31-17?. The lowest BCUT2D eigenvalue weighted by Gasteiger charge is -2.28. The molecule has 38 heavy (non-hydrogen) atoms. The van der Waals surface area contributed by atoms with E-state index in [1.807, 2.05) is 47.1 Å². The molecule has 0 radical (unpaired) electrons. The Morgan fingerprint density at radius 1 is 1.13 bits per heavy atom. The van der Waals surface area contributed by atoms with Crippen molar-refractivity contribution < 1.29 is 4.74 Å². The molecule has 0 aliphatic carbocycles. The number of hydrogen-bond acceptors (Lipinski definition) is 8. The molecule has 1 fully saturated rings. The third-order valence-corrected chi connectivity index (χ3v) is 6.95. The first-order valence-corrected chi connectivity index (χ1v) is 12.9. The molecule has 0 spiro atoms. The fourth-order valence-corrected chi connectivity index (χ4v) is 4.64. The fraction of sp³-hybridized carbons (Fsp3) is 0.310. The topological polar surface area (TPSA) is 106 Å². The number of hydrogen-bond donors (Lipinski definition) is 2. The summed E-state index contributed by atoms with van der Waals surface area (Å²) in [4.78, 5) is 19.9. The Morgan fingerprint density at radius 3 is 2.71 bits per heavy atom. The van der Waals surface area contributed by atoms with Crippen LogP contribution < -0.4 is 15.8 Å². The molecular formula is C29H34N8O. The maximum absolute atomic E-state index is 6.11. The first-order valence-electron chi connectivity index (χ1n) is 12.9. The molecule has 1 aliphatic heterocycles. The van der Waals surface area contributed by atoms with Gasteiger partial charge in [0, 0.05) is 49.9 Å². The lowest BCUT2D eigenvalue weighted by Crippen LogP contribution is -2.32. The number of benzene rings is 1. The molecule has 196 valence electrons. The highest BCUT2D eigenvalue weighted by Gasteiger charge is 2.17. The number of ether oxygens (including phenoxy) is 1. The predicted octanol–water partition coefficient (Wildman–Crippen LogP) is 4.12. The van der Waals surface area contributed by atoms with Crippen LogP contribution >= 0.6 is 0 Å². The summed E-state index contributed by atoms with van der Waals surface area (Å²) in [5.74, 6) is 2.20. The molecule has 0 unspecified atom stereocenters. The van der Waals surface area contributed by atoms with Gasteiger partial charge in [-0.15, -0.1) is 0 Å². The highest BCUT2D eigenvalue weighted by atomic mass is 16.5. The average Bonchev–Trinajstić information content (AvgIpc) is 3.38. The molecule has 1 aromatic carbocycles. The first-order chi connectivity index (χ1) is 18.6. The third-order valence-electron chi connectivity index (χ3n) is 6.95. The number of piperidine rings is 1. The maximum Gasteiger partial charge on any atom is 0.140 e. The molecule has 0 amide bonds. The summed E-state index contributed by atoms with van der Waals surface area (Å²) in [5, 5.41) is 3.39. The van der Waals surface area contributed by atoms with Crippen LogP contribution in [0.3, 0.4) is 0 Å². The van der Waals surface area contributed by atoms with E-state index < -0.39 is 0 Å². The molecule has 0 saturated carbocycles. The van der Waals surface area contributed by atoms with Crippen molar-refractivity contribution in [1.29, 1.82) is 0 Å². The molecule has 1 saturated heterocycles. The van der Waals surface area contributed by atoms with Crippen molar-refractivity contribution in [3.8, 4) is 17.1 Å². The predicted molar refractivity (Wildman–Crippen MR) is 152 cm³/mol. The molecule has 0 bridgehead atoms. The number of nitrogens with zero attached hydrogens (tertiary/aromatic N) is 6. The summed E-state index contributed by atoms with van der Waals surface area (Å²) in [5.41, 5.74) is 11.3. The maximum atomic E-state index is 6.11. The summed E-state index contributed by atoms with van der Waals surface area (Å²) in [7, 11) is 3.91. The van der Waals surface area contributed by atoms with Crippen LogP contribution in [0.2, 0.25) is 0 Å². The summed E-state index contributed by atoms with van der Waals surface area (Å²) >= 11 is 0. The monoisotopic (exact) mass is 510 g/mol. The number of aliphatic imine (C=N–C) groups is 1. The van der Waals surface area contributed by atoms with Gasteiger partial charge in [-0.3, -0.25) is 9.39 Å². The summed E-state index contributed by atoms with van der Waals surface area (Å²) in [6.07, 6.45) is 11.1. The quantitative estimate of drug-likeness (QED) is 0.326. The van der Waals surface area contributed by atoms with Gasteiger partial charge in [-0.1, -0.05) is 24.3 Å². The van der Waals surface area contributed by atoms with Gasteiger partial charge in [0.2, 0.25) is 0 Å². The lowest BCUT2D eigenvalue weighted by atomic mass is 9.98. The van der Waals surface area contributed by atoms with Gasteiger partial charge < -0.3 is 20.7 Å². The van der Waals surface area contributed by atoms with E-state index in [9.17, 15) is 0 Å². The summed E-state index contributed by atoms with van der Waals surface area (Å²) in [6.45, 7) is 3.66. The van der Waals surface area contributed by atoms with E-state index in [1.165, 1.54) is 12.8 Å².